The Kier molecular flexibility index (Phi) is 2.84. The van der Waals surface area contributed by atoms with Gasteiger partial charge in [0.2, 0.25) is 0 Å². The maximum atomic E-state index is 4.72. The molecule has 4 rings (SSSR count). The Morgan fingerprint density at radius 2 is 2.05 bits per heavy atom. The fraction of sp³-hybridized carbons (Fsp3) is 0.312. The van der Waals surface area contributed by atoms with Crippen LogP contribution < -0.4 is 5.32 Å². The SMILES string of the molecule is CNc1nc(Cc2nc3ccccc3[nH]2)nc2c1CCC2. The van der Waals surface area contributed by atoms with Crippen molar-refractivity contribution in [2.75, 3.05) is 12.4 Å². The van der Waals surface area contributed by atoms with Gasteiger partial charge in [0, 0.05) is 18.3 Å². The molecule has 5 heteroatoms. The van der Waals surface area contributed by atoms with Crippen molar-refractivity contribution in [1.82, 2.24) is 19.9 Å². The summed E-state index contributed by atoms with van der Waals surface area (Å²) in [6.07, 6.45) is 3.94. The third-order valence-electron chi connectivity index (χ3n) is 3.98. The Labute approximate surface area is 122 Å². The van der Waals surface area contributed by atoms with E-state index in [1.807, 2.05) is 31.3 Å². The molecule has 0 saturated carbocycles. The van der Waals surface area contributed by atoms with E-state index in [9.17, 15) is 0 Å². The smallest absolute Gasteiger partial charge is 0.138 e. The average molecular weight is 279 g/mol. The lowest BCUT2D eigenvalue weighted by Gasteiger charge is -2.08. The van der Waals surface area contributed by atoms with Gasteiger partial charge in [-0.15, -0.1) is 0 Å². The summed E-state index contributed by atoms with van der Waals surface area (Å²) in [4.78, 5) is 17.3. The lowest BCUT2D eigenvalue weighted by Crippen LogP contribution is -2.07. The predicted molar refractivity (Wildman–Crippen MR) is 82.5 cm³/mol. The third-order valence-corrected chi connectivity index (χ3v) is 3.98. The van der Waals surface area contributed by atoms with Crippen molar-refractivity contribution < 1.29 is 0 Å². The second-order valence-electron chi connectivity index (χ2n) is 5.39. The number of nitrogens with zero attached hydrogens (tertiary/aromatic N) is 3. The van der Waals surface area contributed by atoms with Crippen LogP contribution in [0.15, 0.2) is 24.3 Å². The van der Waals surface area contributed by atoms with E-state index in [0.29, 0.717) is 6.42 Å². The number of rotatable bonds is 3. The molecule has 106 valence electrons. The van der Waals surface area contributed by atoms with E-state index >= 15 is 0 Å². The summed E-state index contributed by atoms with van der Waals surface area (Å²) in [6.45, 7) is 0. The number of aromatic amines is 1. The summed E-state index contributed by atoms with van der Waals surface area (Å²) >= 11 is 0. The quantitative estimate of drug-likeness (QED) is 0.773. The molecule has 1 aliphatic carbocycles. The number of anilines is 1. The lowest BCUT2D eigenvalue weighted by atomic mass is 10.2. The molecule has 1 aromatic carbocycles. The number of para-hydroxylation sites is 2. The molecule has 0 amide bonds. The summed E-state index contributed by atoms with van der Waals surface area (Å²) in [5, 5.41) is 3.20. The molecule has 0 bridgehead atoms. The monoisotopic (exact) mass is 279 g/mol. The van der Waals surface area contributed by atoms with Gasteiger partial charge in [0.05, 0.1) is 17.5 Å². The van der Waals surface area contributed by atoms with E-state index in [4.69, 9.17) is 4.98 Å². The van der Waals surface area contributed by atoms with Gasteiger partial charge in [0.15, 0.2) is 0 Å². The van der Waals surface area contributed by atoms with Crippen LogP contribution in [0.25, 0.3) is 11.0 Å². The molecule has 5 nitrogen and oxygen atoms in total. The topological polar surface area (TPSA) is 66.5 Å². The molecule has 0 aliphatic heterocycles. The van der Waals surface area contributed by atoms with Crippen LogP contribution in [0.4, 0.5) is 5.82 Å². The predicted octanol–water partition coefficient (Wildman–Crippen LogP) is 2.47. The third kappa shape index (κ3) is 2.14. The Balaban J connectivity index is 1.70. The van der Waals surface area contributed by atoms with Gasteiger partial charge in [0.1, 0.15) is 17.5 Å². The van der Waals surface area contributed by atoms with Crippen molar-refractivity contribution in [3.05, 3.63) is 47.2 Å². The van der Waals surface area contributed by atoms with Gasteiger partial charge < -0.3 is 10.3 Å². The Hall–Kier alpha value is -2.43. The number of hydrogen-bond acceptors (Lipinski definition) is 4. The number of fused-ring (bicyclic) bond motifs is 2. The van der Waals surface area contributed by atoms with E-state index in [1.165, 1.54) is 17.7 Å². The summed E-state index contributed by atoms with van der Waals surface area (Å²) in [5.74, 6) is 2.72. The highest BCUT2D eigenvalue weighted by molar-refractivity contribution is 5.74. The van der Waals surface area contributed by atoms with Crippen LogP contribution in [0, 0.1) is 0 Å². The normalized spacial score (nSPS) is 13.6. The van der Waals surface area contributed by atoms with Crippen LogP contribution in [0.5, 0.6) is 0 Å². The van der Waals surface area contributed by atoms with Crippen molar-refractivity contribution in [2.45, 2.75) is 25.7 Å². The number of aromatic nitrogens is 4. The van der Waals surface area contributed by atoms with Gasteiger partial charge in [-0.3, -0.25) is 0 Å². The molecular weight excluding hydrogens is 262 g/mol. The van der Waals surface area contributed by atoms with E-state index in [0.717, 1.165) is 41.3 Å². The first-order valence-electron chi connectivity index (χ1n) is 7.33. The first-order chi connectivity index (χ1) is 10.3. The van der Waals surface area contributed by atoms with Gasteiger partial charge in [0.25, 0.3) is 0 Å². The molecule has 0 unspecified atom stereocenters. The molecular formula is C16H17N5. The van der Waals surface area contributed by atoms with Crippen molar-refractivity contribution in [3.63, 3.8) is 0 Å². The van der Waals surface area contributed by atoms with Crippen molar-refractivity contribution in [3.8, 4) is 0 Å². The van der Waals surface area contributed by atoms with Gasteiger partial charge in [-0.2, -0.15) is 0 Å². The molecule has 0 atom stereocenters. The van der Waals surface area contributed by atoms with E-state index < -0.39 is 0 Å². The summed E-state index contributed by atoms with van der Waals surface area (Å²) in [6, 6.07) is 8.06. The lowest BCUT2D eigenvalue weighted by molar-refractivity contribution is 0.872. The zero-order valence-electron chi connectivity index (χ0n) is 12.0. The number of hydrogen-bond donors (Lipinski definition) is 2. The van der Waals surface area contributed by atoms with Gasteiger partial charge in [-0.05, 0) is 31.4 Å². The highest BCUT2D eigenvalue weighted by Crippen LogP contribution is 2.26. The van der Waals surface area contributed by atoms with Crippen LogP contribution in [0.3, 0.4) is 0 Å². The fourth-order valence-electron chi connectivity index (χ4n) is 3.01. The zero-order valence-corrected chi connectivity index (χ0v) is 12.0. The summed E-state index contributed by atoms with van der Waals surface area (Å²) in [5.41, 5.74) is 4.52. The zero-order chi connectivity index (χ0) is 14.2. The average Bonchev–Trinajstić information content (AvgIpc) is 3.11. The largest absolute Gasteiger partial charge is 0.373 e. The first kappa shape index (κ1) is 12.3. The van der Waals surface area contributed by atoms with Gasteiger partial charge >= 0.3 is 0 Å². The van der Waals surface area contributed by atoms with Crippen LogP contribution in [-0.2, 0) is 19.3 Å². The number of H-pyrrole nitrogens is 1. The molecule has 2 N–H and O–H groups in total. The second-order valence-corrected chi connectivity index (χ2v) is 5.39. The maximum absolute atomic E-state index is 4.72. The van der Waals surface area contributed by atoms with Crippen LogP contribution in [0.1, 0.15) is 29.3 Å². The highest BCUT2D eigenvalue weighted by atomic mass is 15.0. The van der Waals surface area contributed by atoms with Crippen molar-refractivity contribution in [2.24, 2.45) is 0 Å². The number of imidazole rings is 1. The van der Waals surface area contributed by atoms with Crippen molar-refractivity contribution in [1.29, 1.82) is 0 Å². The van der Waals surface area contributed by atoms with Gasteiger partial charge in [-0.25, -0.2) is 15.0 Å². The fourth-order valence-corrected chi connectivity index (χ4v) is 3.01. The molecule has 3 aromatic rings. The van der Waals surface area contributed by atoms with Gasteiger partial charge in [-0.1, -0.05) is 12.1 Å². The molecule has 21 heavy (non-hydrogen) atoms. The van der Waals surface area contributed by atoms with Crippen LogP contribution in [0.2, 0.25) is 0 Å². The Morgan fingerprint density at radius 1 is 1.14 bits per heavy atom. The first-order valence-corrected chi connectivity index (χ1v) is 7.33. The van der Waals surface area contributed by atoms with E-state index in [2.05, 4.69) is 20.3 Å². The Bertz CT molecular complexity index is 773. The minimum atomic E-state index is 0.636. The molecule has 2 heterocycles. The number of aryl methyl sites for hydroxylation is 1. The van der Waals surface area contributed by atoms with Crippen molar-refractivity contribution >= 4 is 16.9 Å². The number of nitrogens with one attached hydrogen (secondary N) is 2. The minimum absolute atomic E-state index is 0.636. The van der Waals surface area contributed by atoms with E-state index in [1.54, 1.807) is 0 Å². The van der Waals surface area contributed by atoms with E-state index in [-0.39, 0.29) is 0 Å². The number of benzene rings is 1. The molecule has 0 radical (unpaired) electrons. The van der Waals surface area contributed by atoms with Crippen LogP contribution in [-0.4, -0.2) is 27.0 Å². The maximum Gasteiger partial charge on any atom is 0.138 e. The molecule has 0 spiro atoms. The minimum Gasteiger partial charge on any atom is -0.373 e. The molecule has 1 aliphatic rings. The second kappa shape index (κ2) is 4.84. The Morgan fingerprint density at radius 3 is 2.90 bits per heavy atom. The molecule has 2 aromatic heterocycles. The summed E-state index contributed by atoms with van der Waals surface area (Å²) < 4.78 is 0. The highest BCUT2D eigenvalue weighted by Gasteiger charge is 2.19. The molecule has 0 saturated heterocycles. The summed E-state index contributed by atoms with van der Waals surface area (Å²) in [7, 11) is 1.92. The van der Waals surface area contributed by atoms with Crippen LogP contribution >= 0.6 is 0 Å². The standard InChI is InChI=1S/C16H17N5/c1-17-16-10-5-4-8-11(10)18-15(21-16)9-14-19-12-6-2-3-7-13(12)20-14/h2-3,6-7H,4-5,8-9H2,1H3,(H,19,20)(H,17,18,21). The molecule has 0 fully saturated rings.